The van der Waals surface area contributed by atoms with Crippen LogP contribution in [0.2, 0.25) is 0 Å². The first kappa shape index (κ1) is 21.1. The van der Waals surface area contributed by atoms with Crippen molar-refractivity contribution in [2.45, 2.75) is 37.5 Å². The van der Waals surface area contributed by atoms with Gasteiger partial charge in [-0.3, -0.25) is 0 Å². The zero-order valence-corrected chi connectivity index (χ0v) is 16.7. The third kappa shape index (κ3) is 6.45. The Labute approximate surface area is 161 Å². The number of sulfonamides is 1. The maximum Gasteiger partial charge on any atom is 0.240 e. The van der Waals surface area contributed by atoms with Gasteiger partial charge in [-0.15, -0.1) is 0 Å². The lowest BCUT2D eigenvalue weighted by atomic mass is 10.1. The van der Waals surface area contributed by atoms with Crippen molar-refractivity contribution in [2.24, 2.45) is 0 Å². The number of ether oxygens (including phenoxy) is 2. The fourth-order valence-electron chi connectivity index (χ4n) is 2.59. The highest BCUT2D eigenvalue weighted by Crippen LogP contribution is 2.25. The minimum absolute atomic E-state index is 0.197. The van der Waals surface area contributed by atoms with E-state index in [9.17, 15) is 8.42 Å². The Balaban J connectivity index is 2.00. The number of nitrogen functional groups attached to an aromatic ring is 1. The molecule has 0 bridgehead atoms. The highest BCUT2D eigenvalue weighted by molar-refractivity contribution is 7.89. The SMILES string of the molecule is CCCCCOc1cc(OC)ccc1CCNS(=O)(=O)c1ccc(N)cc1. The average Bonchev–Trinajstić information content (AvgIpc) is 2.66. The standard InChI is InChI=1S/C20H28N2O4S/c1-3-4-5-14-26-20-15-18(25-2)9-6-16(20)12-13-22-27(23,24)19-10-7-17(21)8-11-19/h6-11,15,22H,3-5,12-14,21H2,1-2H3. The summed E-state index contributed by atoms with van der Waals surface area (Å²) in [5, 5.41) is 0. The molecule has 0 unspecified atom stereocenters. The van der Waals surface area contributed by atoms with Gasteiger partial charge in [0.15, 0.2) is 0 Å². The highest BCUT2D eigenvalue weighted by atomic mass is 32.2. The number of unbranched alkanes of at least 4 members (excludes halogenated alkanes) is 2. The third-order valence-electron chi connectivity index (χ3n) is 4.16. The van der Waals surface area contributed by atoms with Gasteiger partial charge >= 0.3 is 0 Å². The lowest BCUT2D eigenvalue weighted by Gasteiger charge is -2.14. The van der Waals surface area contributed by atoms with Crippen molar-refractivity contribution in [2.75, 3.05) is 26.0 Å². The van der Waals surface area contributed by atoms with Crippen LogP contribution in [0, 0.1) is 0 Å². The van der Waals surface area contributed by atoms with Crippen LogP contribution in [0.15, 0.2) is 47.4 Å². The molecule has 0 spiro atoms. The normalized spacial score (nSPS) is 11.3. The average molecular weight is 393 g/mol. The first-order valence-electron chi connectivity index (χ1n) is 9.11. The molecule has 148 valence electrons. The van der Waals surface area contributed by atoms with Crippen LogP contribution >= 0.6 is 0 Å². The summed E-state index contributed by atoms with van der Waals surface area (Å²) in [5.74, 6) is 1.45. The predicted octanol–water partition coefficient (Wildman–Crippen LogP) is 3.37. The Morgan fingerprint density at radius 2 is 1.81 bits per heavy atom. The van der Waals surface area contributed by atoms with E-state index in [0.717, 1.165) is 30.6 Å². The van der Waals surface area contributed by atoms with E-state index in [0.29, 0.717) is 24.5 Å². The van der Waals surface area contributed by atoms with Crippen LogP contribution in [0.1, 0.15) is 31.7 Å². The minimum Gasteiger partial charge on any atom is -0.497 e. The summed E-state index contributed by atoms with van der Waals surface area (Å²) < 4.78 is 38.5. The van der Waals surface area contributed by atoms with Crippen LogP contribution in [-0.4, -0.2) is 28.7 Å². The van der Waals surface area contributed by atoms with E-state index >= 15 is 0 Å². The van der Waals surface area contributed by atoms with Gasteiger partial charge in [-0.25, -0.2) is 13.1 Å². The molecule has 0 atom stereocenters. The fraction of sp³-hybridized carbons (Fsp3) is 0.400. The van der Waals surface area contributed by atoms with Gasteiger partial charge in [0.2, 0.25) is 10.0 Å². The van der Waals surface area contributed by atoms with E-state index in [-0.39, 0.29) is 11.4 Å². The lowest BCUT2D eigenvalue weighted by molar-refractivity contribution is 0.301. The smallest absolute Gasteiger partial charge is 0.240 e. The van der Waals surface area contributed by atoms with Gasteiger partial charge in [-0.2, -0.15) is 0 Å². The van der Waals surface area contributed by atoms with Gasteiger partial charge in [0.05, 0.1) is 18.6 Å². The molecule has 6 nitrogen and oxygen atoms in total. The molecule has 0 aromatic heterocycles. The van der Waals surface area contributed by atoms with Gasteiger partial charge < -0.3 is 15.2 Å². The quantitative estimate of drug-likeness (QED) is 0.452. The summed E-state index contributed by atoms with van der Waals surface area (Å²) in [7, 11) is -1.96. The van der Waals surface area contributed by atoms with Crippen LogP contribution in [0.5, 0.6) is 11.5 Å². The van der Waals surface area contributed by atoms with Crippen molar-refractivity contribution in [3.05, 3.63) is 48.0 Å². The maximum absolute atomic E-state index is 12.4. The second kappa shape index (κ2) is 10.2. The zero-order chi connectivity index (χ0) is 19.7. The highest BCUT2D eigenvalue weighted by Gasteiger charge is 2.14. The Morgan fingerprint density at radius 3 is 2.48 bits per heavy atom. The van der Waals surface area contributed by atoms with Crippen molar-refractivity contribution < 1.29 is 17.9 Å². The predicted molar refractivity (Wildman–Crippen MR) is 108 cm³/mol. The Kier molecular flexibility index (Phi) is 7.94. The molecular weight excluding hydrogens is 364 g/mol. The van der Waals surface area contributed by atoms with Crippen LogP contribution in [0.3, 0.4) is 0 Å². The first-order chi connectivity index (χ1) is 13.0. The van der Waals surface area contributed by atoms with Gasteiger partial charge in [0.25, 0.3) is 0 Å². The summed E-state index contributed by atoms with van der Waals surface area (Å²) in [6.07, 6.45) is 3.74. The molecule has 2 rings (SSSR count). The summed E-state index contributed by atoms with van der Waals surface area (Å²) >= 11 is 0. The second-order valence-electron chi connectivity index (χ2n) is 6.25. The summed E-state index contributed by atoms with van der Waals surface area (Å²) in [6, 6.07) is 11.7. The molecule has 0 aliphatic heterocycles. The van der Waals surface area contributed by atoms with Crippen molar-refractivity contribution >= 4 is 15.7 Å². The molecule has 0 amide bonds. The Hall–Kier alpha value is -2.25. The first-order valence-corrected chi connectivity index (χ1v) is 10.6. The summed E-state index contributed by atoms with van der Waals surface area (Å²) in [5.41, 5.74) is 7.07. The molecule has 0 saturated heterocycles. The molecule has 0 fully saturated rings. The number of hydrogen-bond donors (Lipinski definition) is 2. The number of nitrogens with two attached hydrogens (primary N) is 1. The Bertz CT molecular complexity index is 820. The van der Waals surface area contributed by atoms with E-state index < -0.39 is 10.0 Å². The number of hydrogen-bond acceptors (Lipinski definition) is 5. The monoisotopic (exact) mass is 392 g/mol. The molecule has 0 heterocycles. The van der Waals surface area contributed by atoms with Crippen LogP contribution in [0.4, 0.5) is 5.69 Å². The fourth-order valence-corrected chi connectivity index (χ4v) is 3.62. The number of rotatable bonds is 11. The minimum atomic E-state index is -3.57. The number of benzene rings is 2. The second-order valence-corrected chi connectivity index (χ2v) is 8.01. The molecule has 2 aromatic rings. The lowest BCUT2D eigenvalue weighted by Crippen LogP contribution is -2.26. The molecule has 0 radical (unpaired) electrons. The van der Waals surface area contributed by atoms with Crippen LogP contribution in [-0.2, 0) is 16.4 Å². The number of anilines is 1. The molecule has 0 aliphatic rings. The van der Waals surface area contributed by atoms with Gasteiger partial charge in [0.1, 0.15) is 11.5 Å². The summed E-state index contributed by atoms with van der Waals surface area (Å²) in [4.78, 5) is 0.197. The number of nitrogens with one attached hydrogen (secondary N) is 1. The maximum atomic E-state index is 12.4. The van der Waals surface area contributed by atoms with E-state index in [2.05, 4.69) is 11.6 Å². The van der Waals surface area contributed by atoms with Crippen molar-refractivity contribution in [3.63, 3.8) is 0 Å². The van der Waals surface area contributed by atoms with E-state index in [1.165, 1.54) is 12.1 Å². The molecule has 0 saturated carbocycles. The van der Waals surface area contributed by atoms with Gasteiger partial charge in [-0.05, 0) is 48.7 Å². The van der Waals surface area contributed by atoms with E-state index in [4.69, 9.17) is 15.2 Å². The topological polar surface area (TPSA) is 90.6 Å². The van der Waals surface area contributed by atoms with Crippen molar-refractivity contribution in [3.8, 4) is 11.5 Å². The van der Waals surface area contributed by atoms with Crippen molar-refractivity contribution in [1.82, 2.24) is 4.72 Å². The summed E-state index contributed by atoms with van der Waals surface area (Å²) in [6.45, 7) is 3.04. The molecule has 0 aliphatic carbocycles. The van der Waals surface area contributed by atoms with Crippen molar-refractivity contribution in [1.29, 1.82) is 0 Å². The molecule has 7 heteroatoms. The van der Waals surface area contributed by atoms with Crippen LogP contribution < -0.4 is 19.9 Å². The molecule has 2 aromatic carbocycles. The molecular formula is C20H28N2O4S. The van der Waals surface area contributed by atoms with Crippen LogP contribution in [0.25, 0.3) is 0 Å². The Morgan fingerprint density at radius 1 is 1.07 bits per heavy atom. The number of methoxy groups -OCH3 is 1. The van der Waals surface area contributed by atoms with E-state index in [1.54, 1.807) is 19.2 Å². The third-order valence-corrected chi connectivity index (χ3v) is 5.63. The van der Waals surface area contributed by atoms with Gasteiger partial charge in [0, 0.05) is 18.3 Å². The molecule has 27 heavy (non-hydrogen) atoms. The zero-order valence-electron chi connectivity index (χ0n) is 15.9. The largest absolute Gasteiger partial charge is 0.497 e. The van der Waals surface area contributed by atoms with Gasteiger partial charge in [-0.1, -0.05) is 25.8 Å². The van der Waals surface area contributed by atoms with E-state index in [1.807, 2.05) is 18.2 Å². The molecule has 3 N–H and O–H groups in total.